The van der Waals surface area contributed by atoms with Crippen molar-refractivity contribution in [3.05, 3.63) is 35.9 Å². The Kier molecular flexibility index (Phi) is 4.87. The lowest BCUT2D eigenvalue weighted by Gasteiger charge is -2.38. The van der Waals surface area contributed by atoms with Crippen molar-refractivity contribution in [3.63, 3.8) is 0 Å². The third-order valence-electron chi connectivity index (χ3n) is 3.84. The number of aliphatic hydroxyl groups excluding tert-OH is 1. The maximum atomic E-state index is 10.3. The first kappa shape index (κ1) is 14.9. The van der Waals surface area contributed by atoms with E-state index in [4.69, 9.17) is 18.9 Å². The molecule has 2 heterocycles. The summed E-state index contributed by atoms with van der Waals surface area (Å²) < 4.78 is 22.9. The molecule has 5 atom stereocenters. The van der Waals surface area contributed by atoms with Gasteiger partial charge in [0.05, 0.1) is 13.2 Å². The highest BCUT2D eigenvalue weighted by atomic mass is 16.7. The van der Waals surface area contributed by atoms with Gasteiger partial charge >= 0.3 is 0 Å². The summed E-state index contributed by atoms with van der Waals surface area (Å²) >= 11 is 0. The molecule has 21 heavy (non-hydrogen) atoms. The van der Waals surface area contributed by atoms with E-state index in [0.29, 0.717) is 19.8 Å². The SMILES string of the molecule is CCCO[C@@H]1[C@@H](OCc2ccccc2)[C@@H](O)[C@@H]2OC[C@H]1O2. The normalized spacial score (nSPS) is 35.0. The number of hydrogen-bond donors (Lipinski definition) is 1. The van der Waals surface area contributed by atoms with Crippen molar-refractivity contribution >= 4 is 0 Å². The maximum Gasteiger partial charge on any atom is 0.186 e. The van der Waals surface area contributed by atoms with Crippen molar-refractivity contribution in [2.75, 3.05) is 13.2 Å². The maximum absolute atomic E-state index is 10.3. The molecule has 0 aliphatic carbocycles. The smallest absolute Gasteiger partial charge is 0.186 e. The van der Waals surface area contributed by atoms with E-state index in [0.717, 1.165) is 12.0 Å². The van der Waals surface area contributed by atoms with Crippen LogP contribution in [0.25, 0.3) is 0 Å². The van der Waals surface area contributed by atoms with E-state index in [-0.39, 0.29) is 12.2 Å². The van der Waals surface area contributed by atoms with Crippen molar-refractivity contribution < 1.29 is 24.1 Å². The Morgan fingerprint density at radius 2 is 2.00 bits per heavy atom. The molecule has 2 aliphatic heterocycles. The Labute approximate surface area is 124 Å². The molecule has 0 radical (unpaired) electrons. The molecule has 0 saturated carbocycles. The van der Waals surface area contributed by atoms with Gasteiger partial charge in [-0.25, -0.2) is 0 Å². The molecule has 0 unspecified atom stereocenters. The van der Waals surface area contributed by atoms with Gasteiger partial charge in [0.2, 0.25) is 0 Å². The Bertz CT molecular complexity index is 438. The lowest BCUT2D eigenvalue weighted by Crippen LogP contribution is -2.56. The van der Waals surface area contributed by atoms with Crippen LogP contribution in [0.2, 0.25) is 0 Å². The van der Waals surface area contributed by atoms with Gasteiger partial charge < -0.3 is 24.1 Å². The van der Waals surface area contributed by atoms with Crippen LogP contribution in [0.5, 0.6) is 0 Å². The first-order chi connectivity index (χ1) is 10.3. The standard InChI is InChI=1S/C16H22O5/c1-2-8-18-14-12-10-20-16(21-12)13(17)15(14)19-9-11-6-4-3-5-7-11/h3-7,12-17H,2,8-10H2,1H3/t12-,13-,14+,15+,16-/m1/s1. The van der Waals surface area contributed by atoms with E-state index < -0.39 is 18.5 Å². The van der Waals surface area contributed by atoms with Crippen LogP contribution < -0.4 is 0 Å². The molecule has 0 amide bonds. The van der Waals surface area contributed by atoms with Crippen molar-refractivity contribution in [2.45, 2.75) is 50.7 Å². The predicted octanol–water partition coefficient (Wildman–Crippen LogP) is 1.48. The molecule has 1 aromatic carbocycles. The van der Waals surface area contributed by atoms with Crippen LogP contribution in [0.4, 0.5) is 0 Å². The van der Waals surface area contributed by atoms with Gasteiger partial charge in [-0.15, -0.1) is 0 Å². The molecule has 1 aromatic rings. The fourth-order valence-corrected chi connectivity index (χ4v) is 2.77. The van der Waals surface area contributed by atoms with E-state index in [2.05, 4.69) is 0 Å². The summed E-state index contributed by atoms with van der Waals surface area (Å²) in [7, 11) is 0. The minimum absolute atomic E-state index is 0.161. The number of hydrogen-bond acceptors (Lipinski definition) is 5. The first-order valence-electron chi connectivity index (χ1n) is 7.52. The van der Waals surface area contributed by atoms with Crippen molar-refractivity contribution in [1.82, 2.24) is 0 Å². The van der Waals surface area contributed by atoms with Gasteiger partial charge in [0, 0.05) is 6.61 Å². The van der Waals surface area contributed by atoms with E-state index in [9.17, 15) is 5.11 Å². The Hall–Kier alpha value is -0.980. The molecule has 2 bridgehead atoms. The van der Waals surface area contributed by atoms with Gasteiger partial charge in [-0.3, -0.25) is 0 Å². The molecule has 5 nitrogen and oxygen atoms in total. The second-order valence-electron chi connectivity index (χ2n) is 5.46. The highest BCUT2D eigenvalue weighted by Crippen LogP contribution is 2.32. The summed E-state index contributed by atoms with van der Waals surface area (Å²) in [6.07, 6.45) is -1.39. The van der Waals surface area contributed by atoms with E-state index in [1.807, 2.05) is 37.3 Å². The molecule has 0 aromatic heterocycles. The quantitative estimate of drug-likeness (QED) is 0.861. The van der Waals surface area contributed by atoms with Crippen molar-refractivity contribution in [2.24, 2.45) is 0 Å². The first-order valence-corrected chi connectivity index (χ1v) is 7.52. The largest absolute Gasteiger partial charge is 0.385 e. The van der Waals surface area contributed by atoms with Gasteiger partial charge in [-0.05, 0) is 12.0 Å². The second-order valence-corrected chi connectivity index (χ2v) is 5.46. The minimum atomic E-state index is -0.825. The molecule has 2 saturated heterocycles. The number of fused-ring (bicyclic) bond motifs is 2. The van der Waals surface area contributed by atoms with Crippen LogP contribution in [0.3, 0.4) is 0 Å². The van der Waals surface area contributed by atoms with Gasteiger partial charge in [0.15, 0.2) is 6.29 Å². The Balaban J connectivity index is 1.67. The van der Waals surface area contributed by atoms with Crippen LogP contribution >= 0.6 is 0 Å². The average molecular weight is 294 g/mol. The minimum Gasteiger partial charge on any atom is -0.385 e. The van der Waals surface area contributed by atoms with Crippen molar-refractivity contribution in [1.29, 1.82) is 0 Å². The Morgan fingerprint density at radius 1 is 1.19 bits per heavy atom. The molecule has 5 heteroatoms. The van der Waals surface area contributed by atoms with Crippen molar-refractivity contribution in [3.8, 4) is 0 Å². The fraction of sp³-hybridized carbons (Fsp3) is 0.625. The zero-order chi connectivity index (χ0) is 14.7. The molecular formula is C16H22O5. The average Bonchev–Trinajstić information content (AvgIpc) is 2.96. The monoisotopic (exact) mass is 294 g/mol. The summed E-state index contributed by atoms with van der Waals surface area (Å²) in [6.45, 7) is 3.55. The molecule has 0 spiro atoms. The number of rotatable bonds is 6. The summed E-state index contributed by atoms with van der Waals surface area (Å²) in [5.74, 6) is 0. The molecule has 2 fully saturated rings. The zero-order valence-electron chi connectivity index (χ0n) is 12.2. The molecule has 116 valence electrons. The van der Waals surface area contributed by atoms with E-state index in [1.165, 1.54) is 0 Å². The molecule has 1 N–H and O–H groups in total. The highest BCUT2D eigenvalue weighted by Gasteiger charge is 2.51. The molecular weight excluding hydrogens is 272 g/mol. The van der Waals surface area contributed by atoms with Crippen LogP contribution in [0.15, 0.2) is 30.3 Å². The van der Waals surface area contributed by atoms with Crippen LogP contribution in [0.1, 0.15) is 18.9 Å². The van der Waals surface area contributed by atoms with E-state index in [1.54, 1.807) is 0 Å². The number of benzene rings is 1. The summed E-state index contributed by atoms with van der Waals surface area (Å²) in [5.41, 5.74) is 1.07. The van der Waals surface area contributed by atoms with E-state index >= 15 is 0 Å². The van der Waals surface area contributed by atoms with Gasteiger partial charge in [-0.2, -0.15) is 0 Å². The summed E-state index contributed by atoms with van der Waals surface area (Å²) in [4.78, 5) is 0. The lowest BCUT2D eigenvalue weighted by atomic mass is 10.0. The highest BCUT2D eigenvalue weighted by molar-refractivity contribution is 5.13. The number of ether oxygens (including phenoxy) is 4. The summed E-state index contributed by atoms with van der Waals surface area (Å²) in [5, 5.41) is 10.3. The topological polar surface area (TPSA) is 57.2 Å². The van der Waals surface area contributed by atoms with Gasteiger partial charge in [0.1, 0.15) is 24.4 Å². The fourth-order valence-electron chi connectivity index (χ4n) is 2.77. The number of aliphatic hydroxyl groups is 1. The molecule has 2 aliphatic rings. The third-order valence-corrected chi connectivity index (χ3v) is 3.84. The molecule has 3 rings (SSSR count). The third kappa shape index (κ3) is 3.27. The van der Waals surface area contributed by atoms with Crippen LogP contribution in [-0.2, 0) is 25.6 Å². The van der Waals surface area contributed by atoms with Gasteiger partial charge in [-0.1, -0.05) is 37.3 Å². The Morgan fingerprint density at radius 3 is 2.76 bits per heavy atom. The second kappa shape index (κ2) is 6.85. The van der Waals surface area contributed by atoms with Crippen LogP contribution in [-0.4, -0.2) is 49.0 Å². The predicted molar refractivity (Wildman–Crippen MR) is 75.7 cm³/mol. The van der Waals surface area contributed by atoms with Gasteiger partial charge in [0.25, 0.3) is 0 Å². The lowest BCUT2D eigenvalue weighted by molar-refractivity contribution is -0.252. The van der Waals surface area contributed by atoms with Crippen LogP contribution in [0, 0.1) is 0 Å². The summed E-state index contributed by atoms with van der Waals surface area (Å²) in [6, 6.07) is 9.90. The zero-order valence-corrected chi connectivity index (χ0v) is 12.2.